The maximum absolute atomic E-state index is 13.2. The molecule has 0 spiro atoms. The van der Waals surface area contributed by atoms with Crippen molar-refractivity contribution in [1.29, 1.82) is 0 Å². The van der Waals surface area contributed by atoms with Crippen molar-refractivity contribution < 1.29 is 37.3 Å². The van der Waals surface area contributed by atoms with E-state index in [1.165, 1.54) is 19.2 Å². The zero-order valence-corrected chi connectivity index (χ0v) is 25.3. The van der Waals surface area contributed by atoms with Crippen LogP contribution in [-0.4, -0.2) is 71.6 Å². The zero-order valence-electron chi connectivity index (χ0n) is 25.3. The highest BCUT2D eigenvalue weighted by molar-refractivity contribution is 6.04. The Morgan fingerprint density at radius 2 is 1.76 bits per heavy atom. The molecule has 1 amide bonds. The Kier molecular flexibility index (Phi) is 9.64. The average Bonchev–Trinajstić information content (AvgIpc) is 3.48. The second-order valence-corrected chi connectivity index (χ2v) is 11.5. The number of piperidine rings is 1. The van der Waals surface area contributed by atoms with E-state index in [1.54, 1.807) is 30.5 Å². The summed E-state index contributed by atoms with van der Waals surface area (Å²) in [6.07, 6.45) is 0.772. The summed E-state index contributed by atoms with van der Waals surface area (Å²) in [6, 6.07) is 15.1. The van der Waals surface area contributed by atoms with E-state index in [0.717, 1.165) is 42.6 Å². The van der Waals surface area contributed by atoms with Crippen molar-refractivity contribution in [3.05, 3.63) is 71.9 Å². The normalized spacial score (nSPS) is 18.5. The summed E-state index contributed by atoms with van der Waals surface area (Å²) in [5, 5.41) is 12.4. The van der Waals surface area contributed by atoms with Crippen LogP contribution in [0.2, 0.25) is 0 Å². The van der Waals surface area contributed by atoms with Crippen LogP contribution in [0.25, 0.3) is 11.1 Å². The molecule has 1 aromatic heterocycles. The summed E-state index contributed by atoms with van der Waals surface area (Å²) < 4.78 is 47.3. The standard InChI is InChI=1S/C33H37F3N4O5/c1-3-25-5-4-16-40(25)21-24-19-29(37-20-28(24)22-8-12-27(13-9-22)45-33(34,35)36)38-30(41)23-6-10-26(11-7-23)39-17-14-32(44-2,15-18-39)31(42)43/h6-13,19-20,25H,3-5,14-18,21H2,1-2H3,(H,42,43)(H,37,38,41)/t25-/m1/s1. The van der Waals surface area contributed by atoms with Crippen molar-refractivity contribution >= 4 is 23.4 Å². The number of likely N-dealkylation sites (tertiary alicyclic amines) is 1. The van der Waals surface area contributed by atoms with E-state index in [2.05, 4.69) is 31.8 Å². The molecule has 3 aromatic rings. The summed E-state index contributed by atoms with van der Waals surface area (Å²) in [5.74, 6) is -1.23. The first-order valence-electron chi connectivity index (χ1n) is 15.0. The van der Waals surface area contributed by atoms with E-state index in [-0.39, 0.29) is 11.7 Å². The Morgan fingerprint density at radius 3 is 2.36 bits per heavy atom. The maximum atomic E-state index is 13.2. The van der Waals surface area contributed by atoms with Gasteiger partial charge in [0, 0.05) is 68.6 Å². The Labute approximate surface area is 260 Å². The summed E-state index contributed by atoms with van der Waals surface area (Å²) >= 11 is 0. The predicted molar refractivity (Wildman–Crippen MR) is 163 cm³/mol. The molecule has 0 unspecified atom stereocenters. The number of pyridine rings is 1. The lowest BCUT2D eigenvalue weighted by molar-refractivity contribution is -0.274. The van der Waals surface area contributed by atoms with Gasteiger partial charge in [-0.15, -0.1) is 13.2 Å². The number of ether oxygens (including phenoxy) is 2. The van der Waals surface area contributed by atoms with Crippen LogP contribution in [0.4, 0.5) is 24.7 Å². The molecule has 2 aliphatic heterocycles. The number of rotatable bonds is 10. The molecule has 5 rings (SSSR count). The van der Waals surface area contributed by atoms with Gasteiger partial charge in [-0.1, -0.05) is 19.1 Å². The number of aromatic nitrogens is 1. The summed E-state index contributed by atoms with van der Waals surface area (Å²) in [4.78, 5) is 33.8. The number of benzene rings is 2. The second kappa shape index (κ2) is 13.5. The molecule has 2 aliphatic rings. The van der Waals surface area contributed by atoms with Gasteiger partial charge in [0.2, 0.25) is 0 Å². The Bertz CT molecular complexity index is 1490. The number of methoxy groups -OCH3 is 1. The van der Waals surface area contributed by atoms with Gasteiger partial charge in [-0.3, -0.25) is 9.69 Å². The minimum absolute atomic E-state index is 0.301. The van der Waals surface area contributed by atoms with E-state index in [1.807, 2.05) is 18.2 Å². The van der Waals surface area contributed by atoms with Crippen LogP contribution in [0.1, 0.15) is 54.9 Å². The number of carboxylic acid groups (broad SMARTS) is 1. The summed E-state index contributed by atoms with van der Waals surface area (Å²) in [5.41, 5.74) is 2.50. The lowest BCUT2D eigenvalue weighted by Crippen LogP contribution is -2.50. The molecular weight excluding hydrogens is 589 g/mol. The lowest BCUT2D eigenvalue weighted by atomic mass is 9.91. The van der Waals surface area contributed by atoms with Gasteiger partial charge < -0.3 is 24.8 Å². The molecule has 12 heteroatoms. The van der Waals surface area contributed by atoms with E-state index < -0.39 is 17.9 Å². The molecule has 0 radical (unpaired) electrons. The Balaban J connectivity index is 1.31. The molecular formula is C33H37F3N4O5. The molecule has 2 N–H and O–H groups in total. The van der Waals surface area contributed by atoms with Crippen LogP contribution in [0.15, 0.2) is 60.8 Å². The number of aliphatic carboxylic acids is 1. The van der Waals surface area contributed by atoms with Crippen LogP contribution in [0, 0.1) is 0 Å². The van der Waals surface area contributed by atoms with Gasteiger partial charge in [0.25, 0.3) is 5.91 Å². The van der Waals surface area contributed by atoms with Crippen molar-refractivity contribution in [3.8, 4) is 16.9 Å². The summed E-state index contributed by atoms with van der Waals surface area (Å²) in [7, 11) is 1.42. The molecule has 0 aliphatic carbocycles. The molecule has 9 nitrogen and oxygen atoms in total. The number of hydrogen-bond acceptors (Lipinski definition) is 7. The fraction of sp³-hybridized carbons (Fsp3) is 0.424. The van der Waals surface area contributed by atoms with Crippen LogP contribution in [0.3, 0.4) is 0 Å². The number of carbonyl (C=O) groups is 2. The minimum Gasteiger partial charge on any atom is -0.479 e. The van der Waals surface area contributed by atoms with Crippen molar-refractivity contribution in [3.63, 3.8) is 0 Å². The largest absolute Gasteiger partial charge is 0.573 e. The number of nitrogens with zero attached hydrogens (tertiary/aromatic N) is 3. The van der Waals surface area contributed by atoms with E-state index in [4.69, 9.17) is 4.74 Å². The third kappa shape index (κ3) is 7.56. The van der Waals surface area contributed by atoms with Gasteiger partial charge in [-0.2, -0.15) is 0 Å². The average molecular weight is 627 g/mol. The molecule has 2 aromatic carbocycles. The maximum Gasteiger partial charge on any atom is 0.573 e. The fourth-order valence-corrected chi connectivity index (χ4v) is 6.22. The van der Waals surface area contributed by atoms with Crippen molar-refractivity contribution in [1.82, 2.24) is 9.88 Å². The fourth-order valence-electron chi connectivity index (χ4n) is 6.22. The molecule has 240 valence electrons. The lowest BCUT2D eigenvalue weighted by Gasteiger charge is -2.38. The molecule has 0 saturated carbocycles. The topological polar surface area (TPSA) is 104 Å². The highest BCUT2D eigenvalue weighted by atomic mass is 19.4. The van der Waals surface area contributed by atoms with Gasteiger partial charge >= 0.3 is 12.3 Å². The first-order valence-corrected chi connectivity index (χ1v) is 15.0. The third-order valence-corrected chi connectivity index (χ3v) is 8.82. The molecule has 45 heavy (non-hydrogen) atoms. The number of nitrogens with one attached hydrogen (secondary N) is 1. The van der Waals surface area contributed by atoms with Crippen LogP contribution in [-0.2, 0) is 16.1 Å². The van der Waals surface area contributed by atoms with Crippen molar-refractivity contribution in [2.75, 3.05) is 37.0 Å². The number of carbonyl (C=O) groups excluding carboxylic acids is 1. The predicted octanol–water partition coefficient (Wildman–Crippen LogP) is 6.34. The Hall–Kier alpha value is -4.16. The quantitative estimate of drug-likeness (QED) is 0.269. The highest BCUT2D eigenvalue weighted by Crippen LogP contribution is 2.33. The van der Waals surface area contributed by atoms with Gasteiger partial charge in [0.1, 0.15) is 11.6 Å². The second-order valence-electron chi connectivity index (χ2n) is 11.5. The van der Waals surface area contributed by atoms with E-state index in [9.17, 15) is 27.9 Å². The molecule has 0 bridgehead atoms. The van der Waals surface area contributed by atoms with Crippen molar-refractivity contribution in [2.24, 2.45) is 0 Å². The monoisotopic (exact) mass is 626 g/mol. The van der Waals surface area contributed by atoms with Crippen LogP contribution < -0.4 is 15.0 Å². The van der Waals surface area contributed by atoms with Gasteiger partial charge in [-0.05, 0) is 79.4 Å². The number of hydrogen-bond donors (Lipinski definition) is 2. The van der Waals surface area contributed by atoms with Gasteiger partial charge in [0.15, 0.2) is 5.60 Å². The molecule has 2 fully saturated rings. The third-order valence-electron chi connectivity index (χ3n) is 8.82. The number of alkyl halides is 3. The zero-order chi connectivity index (χ0) is 32.2. The van der Waals surface area contributed by atoms with Crippen molar-refractivity contribution in [2.45, 2.75) is 63.6 Å². The van der Waals surface area contributed by atoms with E-state index in [0.29, 0.717) is 55.5 Å². The number of anilines is 2. The highest BCUT2D eigenvalue weighted by Gasteiger charge is 2.42. The van der Waals surface area contributed by atoms with Gasteiger partial charge in [-0.25, -0.2) is 9.78 Å². The summed E-state index contributed by atoms with van der Waals surface area (Å²) in [6.45, 7) is 4.72. The Morgan fingerprint density at radius 1 is 1.07 bits per heavy atom. The van der Waals surface area contributed by atoms with E-state index >= 15 is 0 Å². The number of carboxylic acids is 1. The molecule has 3 heterocycles. The van der Waals surface area contributed by atoms with Crippen LogP contribution in [0.5, 0.6) is 5.75 Å². The number of amides is 1. The molecule has 2 saturated heterocycles. The smallest absolute Gasteiger partial charge is 0.479 e. The SMILES string of the molecule is CC[C@@H]1CCCN1Cc1cc(NC(=O)c2ccc(N3CCC(OC)(C(=O)O)CC3)cc2)ncc1-c1ccc(OC(F)(F)F)cc1. The van der Waals surface area contributed by atoms with Crippen LogP contribution >= 0.6 is 0 Å². The number of halogens is 3. The molecule has 1 atom stereocenters. The first-order chi connectivity index (χ1) is 21.5. The van der Waals surface area contributed by atoms with Gasteiger partial charge in [0.05, 0.1) is 0 Å². The minimum atomic E-state index is -4.77. The first kappa shape index (κ1) is 32.2.